The van der Waals surface area contributed by atoms with Crippen molar-refractivity contribution in [3.63, 3.8) is 0 Å². The molecule has 2 rings (SSSR count). The van der Waals surface area contributed by atoms with Gasteiger partial charge in [-0.15, -0.1) is 0 Å². The number of hydrogen-bond acceptors (Lipinski definition) is 3. The van der Waals surface area contributed by atoms with Crippen LogP contribution >= 0.6 is 12.6 Å². The summed E-state index contributed by atoms with van der Waals surface area (Å²) in [5, 5.41) is 2.64. The van der Waals surface area contributed by atoms with E-state index in [1.165, 1.54) is 18.2 Å². The Morgan fingerprint density at radius 2 is 1.89 bits per heavy atom. The molecule has 3 N–H and O–H groups in total. The Labute approximate surface area is 116 Å². The third-order valence-corrected chi connectivity index (χ3v) is 3.03. The van der Waals surface area contributed by atoms with E-state index in [0.717, 1.165) is 5.56 Å². The predicted molar refractivity (Wildman–Crippen MR) is 77.9 cm³/mol. The SMILES string of the molecule is Nc1cc(F)ccc1NC(=O)c1ccc(CS)cc1. The van der Waals surface area contributed by atoms with Crippen LogP contribution in [0.15, 0.2) is 42.5 Å². The van der Waals surface area contributed by atoms with Crippen LogP contribution in [0.5, 0.6) is 0 Å². The molecule has 0 saturated carbocycles. The third-order valence-electron chi connectivity index (χ3n) is 2.66. The standard InChI is InChI=1S/C14H13FN2OS/c15-11-5-6-13(12(16)7-11)17-14(18)10-3-1-9(8-19)2-4-10/h1-7,19H,8,16H2,(H,17,18). The Bertz CT molecular complexity index is 599. The lowest BCUT2D eigenvalue weighted by atomic mass is 10.1. The predicted octanol–water partition coefficient (Wildman–Crippen LogP) is 3.09. The van der Waals surface area contributed by atoms with Crippen LogP contribution in [0.1, 0.15) is 15.9 Å². The minimum atomic E-state index is -0.436. The summed E-state index contributed by atoms with van der Waals surface area (Å²) in [7, 11) is 0. The minimum absolute atomic E-state index is 0.195. The molecule has 3 nitrogen and oxygen atoms in total. The normalized spacial score (nSPS) is 10.2. The van der Waals surface area contributed by atoms with Crippen LogP contribution in [0.2, 0.25) is 0 Å². The number of carbonyl (C=O) groups excluding carboxylic acids is 1. The Balaban J connectivity index is 2.15. The van der Waals surface area contributed by atoms with E-state index in [9.17, 15) is 9.18 Å². The second-order valence-corrected chi connectivity index (χ2v) is 4.36. The second kappa shape index (κ2) is 5.75. The summed E-state index contributed by atoms with van der Waals surface area (Å²) in [6.07, 6.45) is 0. The fourth-order valence-electron chi connectivity index (χ4n) is 1.60. The van der Waals surface area contributed by atoms with Crippen molar-refractivity contribution >= 4 is 29.9 Å². The van der Waals surface area contributed by atoms with Gasteiger partial charge in [0.1, 0.15) is 5.82 Å². The van der Waals surface area contributed by atoms with Gasteiger partial charge in [0.15, 0.2) is 0 Å². The minimum Gasteiger partial charge on any atom is -0.397 e. The summed E-state index contributed by atoms with van der Waals surface area (Å²) < 4.78 is 12.9. The highest BCUT2D eigenvalue weighted by atomic mass is 32.1. The number of rotatable bonds is 3. The molecule has 1 amide bonds. The number of amides is 1. The number of nitrogens with two attached hydrogens (primary N) is 1. The quantitative estimate of drug-likeness (QED) is 0.596. The summed E-state index contributed by atoms with van der Waals surface area (Å²) >= 11 is 4.15. The molecule has 19 heavy (non-hydrogen) atoms. The summed E-state index contributed by atoms with van der Waals surface area (Å²) in [5.41, 5.74) is 7.75. The molecular formula is C14H13FN2OS. The first-order chi connectivity index (χ1) is 9.10. The fourth-order valence-corrected chi connectivity index (χ4v) is 1.81. The molecule has 0 saturated heterocycles. The van der Waals surface area contributed by atoms with Gasteiger partial charge in [-0.2, -0.15) is 12.6 Å². The molecule has 5 heteroatoms. The lowest BCUT2D eigenvalue weighted by Crippen LogP contribution is -2.13. The highest BCUT2D eigenvalue weighted by molar-refractivity contribution is 7.79. The molecule has 2 aromatic rings. The zero-order valence-corrected chi connectivity index (χ0v) is 11.0. The second-order valence-electron chi connectivity index (χ2n) is 4.04. The zero-order chi connectivity index (χ0) is 13.8. The van der Waals surface area contributed by atoms with Gasteiger partial charge in [-0.1, -0.05) is 12.1 Å². The van der Waals surface area contributed by atoms with Crippen molar-refractivity contribution in [2.24, 2.45) is 0 Å². The van der Waals surface area contributed by atoms with Crippen LogP contribution in [0.3, 0.4) is 0 Å². The molecule has 0 unspecified atom stereocenters. The first-order valence-corrected chi connectivity index (χ1v) is 6.29. The van der Waals surface area contributed by atoms with E-state index in [2.05, 4.69) is 17.9 Å². The Hall–Kier alpha value is -2.01. The number of halogens is 1. The largest absolute Gasteiger partial charge is 0.397 e. The van der Waals surface area contributed by atoms with Crippen LogP contribution < -0.4 is 11.1 Å². The molecule has 98 valence electrons. The first kappa shape index (κ1) is 13.4. The lowest BCUT2D eigenvalue weighted by Gasteiger charge is -2.08. The Kier molecular flexibility index (Phi) is 4.06. The van der Waals surface area contributed by atoms with E-state index in [-0.39, 0.29) is 11.6 Å². The van der Waals surface area contributed by atoms with Gasteiger partial charge in [0.05, 0.1) is 11.4 Å². The Morgan fingerprint density at radius 1 is 1.21 bits per heavy atom. The maximum atomic E-state index is 12.9. The summed E-state index contributed by atoms with van der Waals surface area (Å²) in [5.74, 6) is -0.107. The van der Waals surface area contributed by atoms with Crippen LogP contribution in [-0.2, 0) is 5.75 Å². The number of anilines is 2. The summed E-state index contributed by atoms with van der Waals surface area (Å²) in [4.78, 5) is 12.0. The number of carbonyl (C=O) groups is 1. The molecule has 0 spiro atoms. The van der Waals surface area contributed by atoms with Crippen molar-refractivity contribution in [2.45, 2.75) is 5.75 Å². The van der Waals surface area contributed by atoms with Gasteiger partial charge in [0.25, 0.3) is 5.91 Å². The average molecular weight is 276 g/mol. The molecule has 0 heterocycles. The topological polar surface area (TPSA) is 55.1 Å². The van der Waals surface area contributed by atoms with Crippen molar-refractivity contribution in [1.29, 1.82) is 0 Å². The van der Waals surface area contributed by atoms with Gasteiger partial charge in [0, 0.05) is 11.3 Å². The number of nitrogens with one attached hydrogen (secondary N) is 1. The molecule has 0 aliphatic heterocycles. The number of nitrogen functional groups attached to an aromatic ring is 1. The zero-order valence-electron chi connectivity index (χ0n) is 10.1. The molecule has 0 fully saturated rings. The average Bonchev–Trinajstić information content (AvgIpc) is 2.42. The summed E-state index contributed by atoms with van der Waals surface area (Å²) in [6.45, 7) is 0. The van der Waals surface area contributed by atoms with Crippen molar-refractivity contribution in [3.05, 3.63) is 59.4 Å². The van der Waals surface area contributed by atoms with Crippen molar-refractivity contribution in [1.82, 2.24) is 0 Å². The van der Waals surface area contributed by atoms with E-state index in [0.29, 0.717) is 17.0 Å². The molecule has 0 aromatic heterocycles. The van der Waals surface area contributed by atoms with Crippen molar-refractivity contribution < 1.29 is 9.18 Å². The van der Waals surface area contributed by atoms with Gasteiger partial charge < -0.3 is 11.1 Å². The van der Waals surface area contributed by atoms with Crippen LogP contribution in [0.4, 0.5) is 15.8 Å². The van der Waals surface area contributed by atoms with Crippen LogP contribution in [-0.4, -0.2) is 5.91 Å². The van der Waals surface area contributed by atoms with Crippen molar-refractivity contribution in [3.8, 4) is 0 Å². The fraction of sp³-hybridized carbons (Fsp3) is 0.0714. The molecule has 0 atom stereocenters. The smallest absolute Gasteiger partial charge is 0.255 e. The molecule has 0 bridgehead atoms. The molecule has 0 aliphatic carbocycles. The van der Waals surface area contributed by atoms with Gasteiger partial charge in [-0.25, -0.2) is 4.39 Å². The van der Waals surface area contributed by atoms with Crippen molar-refractivity contribution in [2.75, 3.05) is 11.1 Å². The van der Waals surface area contributed by atoms with Gasteiger partial charge in [-0.05, 0) is 35.9 Å². The first-order valence-electron chi connectivity index (χ1n) is 5.66. The monoisotopic (exact) mass is 276 g/mol. The van der Waals surface area contributed by atoms with Crippen LogP contribution in [0, 0.1) is 5.82 Å². The number of benzene rings is 2. The highest BCUT2D eigenvalue weighted by Crippen LogP contribution is 2.20. The van der Waals surface area contributed by atoms with E-state index >= 15 is 0 Å². The number of thiol groups is 1. The number of hydrogen-bond donors (Lipinski definition) is 3. The van der Waals surface area contributed by atoms with Crippen LogP contribution in [0.25, 0.3) is 0 Å². The maximum Gasteiger partial charge on any atom is 0.255 e. The highest BCUT2D eigenvalue weighted by Gasteiger charge is 2.08. The van der Waals surface area contributed by atoms with E-state index in [4.69, 9.17) is 5.73 Å². The molecule has 0 aliphatic rings. The third kappa shape index (κ3) is 3.26. The molecular weight excluding hydrogens is 263 g/mol. The molecule has 2 aromatic carbocycles. The van der Waals surface area contributed by atoms with E-state index in [1.807, 2.05) is 12.1 Å². The lowest BCUT2D eigenvalue weighted by molar-refractivity contribution is 0.102. The Morgan fingerprint density at radius 3 is 2.47 bits per heavy atom. The summed E-state index contributed by atoms with van der Waals surface area (Å²) in [6, 6.07) is 10.9. The molecule has 0 radical (unpaired) electrons. The van der Waals surface area contributed by atoms with E-state index in [1.54, 1.807) is 12.1 Å². The van der Waals surface area contributed by atoms with Gasteiger partial charge >= 0.3 is 0 Å². The van der Waals surface area contributed by atoms with E-state index < -0.39 is 5.82 Å². The van der Waals surface area contributed by atoms with Gasteiger partial charge in [-0.3, -0.25) is 4.79 Å². The maximum absolute atomic E-state index is 12.9. The van der Waals surface area contributed by atoms with Gasteiger partial charge in [0.2, 0.25) is 0 Å².